The first-order valence-electron chi connectivity index (χ1n) is 17.5. The number of amides is 3. The van der Waals surface area contributed by atoms with Crippen molar-refractivity contribution in [1.82, 2.24) is 9.80 Å². The Kier molecular flexibility index (Phi) is 14.8. The first kappa shape index (κ1) is 41.9. The molecule has 2 aromatic carbocycles. The molecule has 3 amide bonds. The number of phenolic OH excluding ortho intramolecular Hbond substituents is 1. The monoisotopic (exact) mass is 744 g/mol. The molecule has 0 bridgehead atoms. The second kappa shape index (κ2) is 18.3. The Labute approximate surface area is 306 Å². The number of esters is 2. The van der Waals surface area contributed by atoms with Crippen molar-refractivity contribution in [2.24, 2.45) is 29.1 Å². The van der Waals surface area contributed by atoms with Crippen LogP contribution in [-0.2, 0) is 43.5 Å². The predicted octanol–water partition coefficient (Wildman–Crippen LogP) is 4.26. The molecule has 52 heavy (non-hydrogen) atoms. The Morgan fingerprint density at radius 2 is 1.60 bits per heavy atom. The van der Waals surface area contributed by atoms with E-state index in [2.05, 4.69) is 21.9 Å². The van der Waals surface area contributed by atoms with Gasteiger partial charge < -0.3 is 24.8 Å². The van der Waals surface area contributed by atoms with Crippen molar-refractivity contribution < 1.29 is 47.0 Å². The molecule has 3 rings (SSSR count). The van der Waals surface area contributed by atoms with Gasteiger partial charge in [0.05, 0.1) is 35.2 Å². The van der Waals surface area contributed by atoms with Crippen molar-refractivity contribution in [2.75, 3.05) is 50.9 Å². The summed E-state index contributed by atoms with van der Waals surface area (Å²) in [7, 11) is 0.461. The van der Waals surface area contributed by atoms with E-state index in [1.807, 2.05) is 7.05 Å². The van der Waals surface area contributed by atoms with Gasteiger partial charge in [-0.3, -0.25) is 33.6 Å². The average Bonchev–Trinajstić information content (AvgIpc) is 3.30. The number of hydrogen-bond acceptors (Lipinski definition) is 11. The van der Waals surface area contributed by atoms with Gasteiger partial charge in [0.15, 0.2) is 0 Å². The largest absolute Gasteiger partial charge is 0.508 e. The number of benzene rings is 2. The number of sulfonamides is 1. The number of methoxy groups -OCH3 is 1. The number of carbonyl (C=O) groups excluding carboxylic acids is 5. The van der Waals surface area contributed by atoms with Gasteiger partial charge >= 0.3 is 11.9 Å². The molecule has 286 valence electrons. The van der Waals surface area contributed by atoms with Crippen LogP contribution in [0.2, 0.25) is 0 Å². The van der Waals surface area contributed by atoms with E-state index in [0.717, 1.165) is 24.3 Å². The first-order valence-corrected chi connectivity index (χ1v) is 18.9. The Bertz CT molecular complexity index is 1680. The summed E-state index contributed by atoms with van der Waals surface area (Å²) < 4.78 is 39.1. The van der Waals surface area contributed by atoms with Gasteiger partial charge in [-0.05, 0) is 94.7 Å². The van der Waals surface area contributed by atoms with Crippen molar-refractivity contribution in [2.45, 2.75) is 64.7 Å². The van der Waals surface area contributed by atoms with Gasteiger partial charge in [-0.1, -0.05) is 27.2 Å². The third-order valence-corrected chi connectivity index (χ3v) is 11.1. The second-order valence-electron chi connectivity index (χ2n) is 13.7. The summed E-state index contributed by atoms with van der Waals surface area (Å²) >= 11 is 0. The molecular weight excluding hydrogens is 692 g/mol. The van der Waals surface area contributed by atoms with Gasteiger partial charge in [0, 0.05) is 30.9 Å². The fourth-order valence-electron chi connectivity index (χ4n) is 6.48. The zero-order valence-electron chi connectivity index (χ0n) is 31.0. The molecule has 3 N–H and O–H groups in total. The summed E-state index contributed by atoms with van der Waals surface area (Å²) in [5.41, 5.74) is -1.01. The lowest BCUT2D eigenvalue weighted by Crippen LogP contribution is -2.43. The van der Waals surface area contributed by atoms with Crippen molar-refractivity contribution in [3.05, 3.63) is 48.5 Å². The fourth-order valence-corrected chi connectivity index (χ4v) is 7.54. The van der Waals surface area contributed by atoms with Crippen LogP contribution in [-0.4, -0.2) is 93.9 Å². The van der Waals surface area contributed by atoms with E-state index >= 15 is 0 Å². The van der Waals surface area contributed by atoms with Gasteiger partial charge in [0.1, 0.15) is 12.4 Å². The molecule has 5 unspecified atom stereocenters. The van der Waals surface area contributed by atoms with Crippen molar-refractivity contribution in [3.63, 3.8) is 0 Å². The van der Waals surface area contributed by atoms with Crippen LogP contribution in [0.25, 0.3) is 0 Å². The van der Waals surface area contributed by atoms with Gasteiger partial charge in [-0.2, -0.15) is 0 Å². The third-order valence-electron chi connectivity index (χ3n) is 9.68. The smallest absolute Gasteiger partial charge is 0.311 e. The Morgan fingerprint density at radius 3 is 2.13 bits per heavy atom. The molecule has 1 saturated heterocycles. The highest BCUT2D eigenvalue weighted by Gasteiger charge is 2.52. The van der Waals surface area contributed by atoms with Crippen LogP contribution in [0.1, 0.15) is 59.8 Å². The van der Waals surface area contributed by atoms with E-state index in [1.54, 1.807) is 20.8 Å². The number of likely N-dealkylation sites (N-methyl/N-ethyl adjacent to an activating group) is 1. The molecule has 5 atom stereocenters. The molecule has 15 heteroatoms. The highest BCUT2D eigenvalue weighted by molar-refractivity contribution is 7.92. The number of rotatable bonds is 19. The van der Waals surface area contributed by atoms with Crippen LogP contribution >= 0.6 is 0 Å². The molecule has 0 aromatic heterocycles. The minimum absolute atomic E-state index is 0.0256. The number of anilines is 2. The number of unbranched alkanes of at least 4 members (excludes halogenated alkanes) is 1. The highest BCUT2D eigenvalue weighted by atomic mass is 32.2. The second-order valence-corrected chi connectivity index (χ2v) is 15.4. The van der Waals surface area contributed by atoms with Crippen molar-refractivity contribution >= 4 is 51.1 Å². The van der Waals surface area contributed by atoms with E-state index in [1.165, 1.54) is 62.7 Å². The number of imide groups is 1. The summed E-state index contributed by atoms with van der Waals surface area (Å²) in [5, 5.41) is 12.2. The van der Waals surface area contributed by atoms with Crippen LogP contribution in [0.3, 0.4) is 0 Å². The molecule has 14 nitrogen and oxygen atoms in total. The number of hydrogen-bond donors (Lipinski definition) is 3. The maximum absolute atomic E-state index is 14.1. The van der Waals surface area contributed by atoms with Crippen LogP contribution in [0.5, 0.6) is 5.75 Å². The van der Waals surface area contributed by atoms with E-state index < -0.39 is 68.8 Å². The SMILES string of the molecule is CCCCN(C)CCOC(=O)C(CC)CC(C)(CC(C(=O)Nc1ccc(S(=O)(=O)Nc2ccc(O)cc2)cc1)C1C(=O)N(C)C(=O)C1C)C(=O)OC. The van der Waals surface area contributed by atoms with Crippen LogP contribution in [0.4, 0.5) is 11.4 Å². The molecule has 1 heterocycles. The van der Waals surface area contributed by atoms with Crippen molar-refractivity contribution in [1.29, 1.82) is 0 Å². The van der Waals surface area contributed by atoms with Gasteiger partial charge in [-0.15, -0.1) is 0 Å². The topological polar surface area (TPSA) is 189 Å². The molecular formula is C37H52N4O10S. The zero-order valence-corrected chi connectivity index (χ0v) is 31.8. The Balaban J connectivity index is 1.87. The van der Waals surface area contributed by atoms with E-state index in [-0.39, 0.29) is 41.5 Å². The summed E-state index contributed by atoms with van der Waals surface area (Å²) in [6.45, 7) is 8.60. The molecule has 0 spiro atoms. The number of phenols is 1. The Morgan fingerprint density at radius 1 is 0.981 bits per heavy atom. The summed E-state index contributed by atoms with van der Waals surface area (Å²) in [4.78, 5) is 70.1. The predicted molar refractivity (Wildman–Crippen MR) is 194 cm³/mol. The zero-order chi connectivity index (χ0) is 38.8. The summed E-state index contributed by atoms with van der Waals surface area (Å²) in [6.07, 6.45) is 2.12. The number of carbonyl (C=O) groups is 5. The van der Waals surface area contributed by atoms with Gasteiger partial charge in [-0.25, -0.2) is 8.42 Å². The lowest BCUT2D eigenvalue weighted by molar-refractivity contribution is -0.159. The van der Waals surface area contributed by atoms with E-state index in [0.29, 0.717) is 13.0 Å². The molecule has 1 aliphatic heterocycles. The average molecular weight is 745 g/mol. The van der Waals surface area contributed by atoms with Gasteiger partial charge in [0.25, 0.3) is 10.0 Å². The standard InChI is InChI=1S/C37H52N4O10S/c1-8-10-19-40(5)20-21-51-35(46)25(9-2)22-37(4,36(47)50-7)23-30(31-24(3)33(44)41(6)34(31)45)32(43)38-26-13-17-29(18-14-26)52(48,49)39-27-11-15-28(42)16-12-27/h11-18,24-25,30-31,39,42H,8-10,19-23H2,1-7H3,(H,38,43). The fraction of sp³-hybridized carbons (Fsp3) is 0.541. The van der Waals surface area contributed by atoms with Gasteiger partial charge in [0.2, 0.25) is 17.7 Å². The first-order chi connectivity index (χ1) is 24.5. The number of nitrogens with one attached hydrogen (secondary N) is 2. The third kappa shape index (κ3) is 10.5. The Hall–Kier alpha value is -4.50. The summed E-state index contributed by atoms with van der Waals surface area (Å²) in [5.74, 6) is -6.88. The molecule has 1 fully saturated rings. The van der Waals surface area contributed by atoms with Crippen LogP contribution in [0, 0.1) is 29.1 Å². The lowest BCUT2D eigenvalue weighted by Gasteiger charge is -2.35. The van der Waals surface area contributed by atoms with E-state index in [4.69, 9.17) is 9.47 Å². The molecule has 0 radical (unpaired) electrons. The molecule has 1 aliphatic rings. The maximum Gasteiger partial charge on any atom is 0.311 e. The van der Waals surface area contributed by atoms with Crippen molar-refractivity contribution in [3.8, 4) is 5.75 Å². The minimum Gasteiger partial charge on any atom is -0.508 e. The molecule has 0 saturated carbocycles. The van der Waals surface area contributed by atoms with Crippen LogP contribution in [0.15, 0.2) is 53.4 Å². The van der Waals surface area contributed by atoms with E-state index in [9.17, 15) is 37.5 Å². The number of likely N-dealkylation sites (tertiary alicyclic amines) is 1. The lowest BCUT2D eigenvalue weighted by atomic mass is 9.69. The highest BCUT2D eigenvalue weighted by Crippen LogP contribution is 2.43. The minimum atomic E-state index is -4.02. The number of nitrogens with zero attached hydrogens (tertiary/aromatic N) is 2. The molecule has 0 aliphatic carbocycles. The quantitative estimate of drug-likeness (QED) is 0.106. The maximum atomic E-state index is 14.1. The summed E-state index contributed by atoms with van der Waals surface area (Å²) in [6, 6.07) is 10.8. The molecule has 2 aromatic rings. The number of ether oxygens (including phenoxy) is 2. The normalized spacial score (nSPS) is 18.4. The number of aromatic hydroxyl groups is 1. The van der Waals surface area contributed by atoms with Crippen LogP contribution < -0.4 is 10.0 Å².